The minimum absolute atomic E-state index is 0.322. The van der Waals surface area contributed by atoms with Crippen LogP contribution in [0.5, 0.6) is 0 Å². The molecule has 0 aliphatic rings. The highest BCUT2D eigenvalue weighted by Crippen LogP contribution is 2.11. The second kappa shape index (κ2) is 33.3. The molecule has 0 aromatic carbocycles. The van der Waals surface area contributed by atoms with Crippen molar-refractivity contribution in [3.8, 4) is 12.3 Å². The van der Waals surface area contributed by atoms with Crippen LogP contribution in [0.1, 0.15) is 77.6 Å². The van der Waals surface area contributed by atoms with Crippen molar-refractivity contribution in [1.29, 1.82) is 0 Å². The van der Waals surface area contributed by atoms with Crippen LogP contribution in [0.25, 0.3) is 0 Å². The fourth-order valence-electron chi connectivity index (χ4n) is 3.32. The number of hydrogen-bond donors (Lipinski definition) is 0. The van der Waals surface area contributed by atoms with Crippen molar-refractivity contribution in [1.82, 2.24) is 0 Å². The van der Waals surface area contributed by atoms with E-state index in [0.29, 0.717) is 85.9 Å². The van der Waals surface area contributed by atoms with E-state index < -0.39 is 0 Å². The van der Waals surface area contributed by atoms with Crippen LogP contribution >= 0.6 is 0 Å². The van der Waals surface area contributed by atoms with E-state index in [-0.39, 0.29) is 0 Å². The van der Waals surface area contributed by atoms with Gasteiger partial charge < -0.3 is 33.2 Å². The average Bonchev–Trinajstić information content (AvgIpc) is 2.87. The number of rotatable bonds is 31. The standard InChI is InChI=1S/C28H54O7/c1-3-5-6-7-8-9-10-11-12-13-14-16-30-18-20-32-22-24-34-26-28-35-27-25-33-23-21-31-19-17-29-15-4-2/h2H,3,5-28H2,1H3. The molecule has 35 heavy (non-hydrogen) atoms. The topological polar surface area (TPSA) is 64.6 Å². The van der Waals surface area contributed by atoms with E-state index in [1.807, 2.05) is 0 Å². The van der Waals surface area contributed by atoms with Crippen LogP contribution in [0.2, 0.25) is 0 Å². The van der Waals surface area contributed by atoms with Crippen molar-refractivity contribution >= 4 is 0 Å². The summed E-state index contributed by atoms with van der Waals surface area (Å²) in [6.07, 6.45) is 20.0. The van der Waals surface area contributed by atoms with Gasteiger partial charge in [-0.1, -0.05) is 77.1 Å². The van der Waals surface area contributed by atoms with Gasteiger partial charge in [-0.25, -0.2) is 0 Å². The summed E-state index contributed by atoms with van der Waals surface area (Å²) >= 11 is 0. The van der Waals surface area contributed by atoms with Crippen LogP contribution in [0, 0.1) is 12.3 Å². The lowest BCUT2D eigenvalue weighted by molar-refractivity contribution is -0.0197. The lowest BCUT2D eigenvalue weighted by atomic mass is 10.1. The highest BCUT2D eigenvalue weighted by Gasteiger charge is 1.96. The molecule has 7 nitrogen and oxygen atoms in total. The molecule has 208 valence electrons. The summed E-state index contributed by atoms with van der Waals surface area (Å²) in [7, 11) is 0. The van der Waals surface area contributed by atoms with Crippen LogP contribution in [-0.4, -0.2) is 92.5 Å². The minimum Gasteiger partial charge on any atom is -0.379 e. The summed E-state index contributed by atoms with van der Waals surface area (Å²) in [5, 5.41) is 0. The molecule has 0 aliphatic carbocycles. The Hall–Kier alpha value is -0.720. The van der Waals surface area contributed by atoms with Gasteiger partial charge in [-0.2, -0.15) is 0 Å². The van der Waals surface area contributed by atoms with Gasteiger partial charge in [-0.15, -0.1) is 6.42 Å². The second-order valence-electron chi connectivity index (χ2n) is 8.47. The zero-order valence-electron chi connectivity index (χ0n) is 22.6. The SMILES string of the molecule is C#CCOCCOCCOCCOCCOCCOCCOCCCCCCCCCCCCC. The smallest absolute Gasteiger partial charge is 0.107 e. The molecule has 0 aromatic heterocycles. The molecule has 7 heteroatoms. The van der Waals surface area contributed by atoms with Gasteiger partial charge in [0.1, 0.15) is 6.61 Å². The van der Waals surface area contributed by atoms with Crippen LogP contribution in [0.4, 0.5) is 0 Å². The molecule has 0 radical (unpaired) electrons. The molecule has 0 spiro atoms. The molecule has 0 saturated carbocycles. The Morgan fingerprint density at radius 2 is 0.657 bits per heavy atom. The van der Waals surface area contributed by atoms with Crippen LogP contribution < -0.4 is 0 Å². The molecule has 0 amide bonds. The summed E-state index contributed by atoms with van der Waals surface area (Å²) in [5.41, 5.74) is 0. The molecule has 0 aliphatic heterocycles. The third-order valence-electron chi connectivity index (χ3n) is 5.31. The van der Waals surface area contributed by atoms with Crippen LogP contribution in [-0.2, 0) is 33.2 Å². The van der Waals surface area contributed by atoms with Gasteiger partial charge in [-0.05, 0) is 6.42 Å². The molecule has 0 unspecified atom stereocenters. The Labute approximate surface area is 215 Å². The molecule has 0 fully saturated rings. The Bertz CT molecular complexity index is 415. The average molecular weight is 503 g/mol. The summed E-state index contributed by atoms with van der Waals surface area (Å²) < 4.78 is 37.9. The van der Waals surface area contributed by atoms with Gasteiger partial charge in [0.2, 0.25) is 0 Å². The van der Waals surface area contributed by atoms with E-state index in [1.54, 1.807) is 0 Å². The highest BCUT2D eigenvalue weighted by atomic mass is 16.6. The van der Waals surface area contributed by atoms with E-state index in [4.69, 9.17) is 39.6 Å². The Morgan fingerprint density at radius 1 is 0.371 bits per heavy atom. The first kappa shape index (κ1) is 34.3. The summed E-state index contributed by atoms with van der Waals surface area (Å²) in [4.78, 5) is 0. The molecule has 0 heterocycles. The van der Waals surface area contributed by atoms with E-state index in [0.717, 1.165) is 13.0 Å². The third kappa shape index (κ3) is 33.3. The largest absolute Gasteiger partial charge is 0.379 e. The van der Waals surface area contributed by atoms with E-state index in [1.165, 1.54) is 64.2 Å². The van der Waals surface area contributed by atoms with Crippen LogP contribution in [0.3, 0.4) is 0 Å². The van der Waals surface area contributed by atoms with Crippen molar-refractivity contribution < 1.29 is 33.2 Å². The van der Waals surface area contributed by atoms with Crippen molar-refractivity contribution in [3.63, 3.8) is 0 Å². The zero-order chi connectivity index (χ0) is 25.3. The van der Waals surface area contributed by atoms with Gasteiger partial charge in [0, 0.05) is 6.61 Å². The first-order valence-electron chi connectivity index (χ1n) is 13.9. The number of ether oxygens (including phenoxy) is 7. The van der Waals surface area contributed by atoms with E-state index >= 15 is 0 Å². The lowest BCUT2D eigenvalue weighted by Crippen LogP contribution is -2.14. The van der Waals surface area contributed by atoms with Crippen LogP contribution in [0.15, 0.2) is 0 Å². The summed E-state index contributed by atoms with van der Waals surface area (Å²) in [6.45, 7) is 10.2. The Morgan fingerprint density at radius 3 is 1.00 bits per heavy atom. The monoisotopic (exact) mass is 502 g/mol. The molecule has 0 aromatic rings. The van der Waals surface area contributed by atoms with Crippen molar-refractivity contribution in [3.05, 3.63) is 0 Å². The molecule has 0 N–H and O–H groups in total. The maximum absolute atomic E-state index is 5.63. The first-order valence-corrected chi connectivity index (χ1v) is 13.9. The van der Waals surface area contributed by atoms with Gasteiger partial charge in [-0.3, -0.25) is 0 Å². The maximum atomic E-state index is 5.63. The molecule has 0 saturated heterocycles. The van der Waals surface area contributed by atoms with Gasteiger partial charge >= 0.3 is 0 Å². The second-order valence-corrected chi connectivity index (χ2v) is 8.47. The number of terminal acetylenes is 1. The van der Waals surface area contributed by atoms with Gasteiger partial charge in [0.05, 0.1) is 79.3 Å². The molecular weight excluding hydrogens is 448 g/mol. The minimum atomic E-state index is 0.322. The van der Waals surface area contributed by atoms with E-state index in [9.17, 15) is 0 Å². The highest BCUT2D eigenvalue weighted by molar-refractivity contribution is 4.82. The summed E-state index contributed by atoms with van der Waals surface area (Å²) in [6, 6.07) is 0. The summed E-state index contributed by atoms with van der Waals surface area (Å²) in [5.74, 6) is 2.40. The number of hydrogen-bond acceptors (Lipinski definition) is 7. The predicted molar refractivity (Wildman–Crippen MR) is 141 cm³/mol. The Kier molecular flexibility index (Phi) is 32.6. The quantitative estimate of drug-likeness (QED) is 0.0971. The first-order chi connectivity index (χ1) is 17.4. The fourth-order valence-corrected chi connectivity index (χ4v) is 3.32. The molecule has 0 atom stereocenters. The maximum Gasteiger partial charge on any atom is 0.107 e. The van der Waals surface area contributed by atoms with E-state index in [2.05, 4.69) is 12.8 Å². The zero-order valence-corrected chi connectivity index (χ0v) is 22.6. The molecular formula is C28H54O7. The van der Waals surface area contributed by atoms with Crippen molar-refractivity contribution in [2.75, 3.05) is 92.5 Å². The lowest BCUT2D eigenvalue weighted by Gasteiger charge is -2.08. The van der Waals surface area contributed by atoms with Gasteiger partial charge in [0.25, 0.3) is 0 Å². The van der Waals surface area contributed by atoms with Gasteiger partial charge in [0.15, 0.2) is 0 Å². The van der Waals surface area contributed by atoms with Crippen molar-refractivity contribution in [2.45, 2.75) is 77.6 Å². The number of unbranched alkanes of at least 4 members (excludes halogenated alkanes) is 10. The molecule has 0 bridgehead atoms. The fraction of sp³-hybridized carbons (Fsp3) is 0.929. The van der Waals surface area contributed by atoms with Crippen molar-refractivity contribution in [2.24, 2.45) is 0 Å². The normalized spacial score (nSPS) is 11.2. The Balaban J connectivity index is 3.00. The molecule has 0 rings (SSSR count). The third-order valence-corrected chi connectivity index (χ3v) is 5.31. The predicted octanol–water partition coefficient (Wildman–Crippen LogP) is 5.05.